The Kier molecular flexibility index (Phi) is 6.20. The molecule has 28 heavy (non-hydrogen) atoms. The van der Waals surface area contributed by atoms with Gasteiger partial charge in [0.15, 0.2) is 0 Å². The lowest BCUT2D eigenvalue weighted by molar-refractivity contribution is -0.144. The van der Waals surface area contributed by atoms with Crippen molar-refractivity contribution in [1.29, 1.82) is 0 Å². The molecular weight excluding hydrogens is 414 g/mol. The summed E-state index contributed by atoms with van der Waals surface area (Å²) in [5.41, 5.74) is 14.1. The Balaban J connectivity index is 1.95. The van der Waals surface area contributed by atoms with Crippen LogP contribution in [0.4, 0.5) is 5.69 Å². The summed E-state index contributed by atoms with van der Waals surface area (Å²) < 4.78 is 6.39. The third-order valence-corrected chi connectivity index (χ3v) is 6.03. The van der Waals surface area contributed by atoms with E-state index in [-0.39, 0.29) is 19.0 Å². The average molecular weight is 438 g/mol. The minimum absolute atomic E-state index is 0.181. The fraction of sp³-hybridized carbons (Fsp3) is 0.208. The second-order valence-electron chi connectivity index (χ2n) is 7.02. The highest BCUT2D eigenvalue weighted by Crippen LogP contribution is 2.39. The molecule has 2 N–H and O–H groups in total. The van der Waals surface area contributed by atoms with Gasteiger partial charge in [-0.2, -0.15) is 0 Å². The second kappa shape index (κ2) is 8.61. The van der Waals surface area contributed by atoms with Crippen molar-refractivity contribution in [2.75, 3.05) is 5.73 Å². The average Bonchev–Trinajstić information content (AvgIpc) is 2.71. The lowest BCUT2D eigenvalue weighted by Crippen LogP contribution is -2.12. The monoisotopic (exact) mass is 437 g/mol. The van der Waals surface area contributed by atoms with E-state index >= 15 is 0 Å². The zero-order valence-corrected chi connectivity index (χ0v) is 18.0. The topological polar surface area (TPSA) is 52.3 Å². The van der Waals surface area contributed by atoms with Gasteiger partial charge in [-0.25, -0.2) is 0 Å². The molecule has 0 aliphatic carbocycles. The first-order valence-electron chi connectivity index (χ1n) is 9.22. The van der Waals surface area contributed by atoms with Crippen molar-refractivity contribution in [1.82, 2.24) is 0 Å². The standard InChI is InChI=1S/C24H24BrNO2/c1-15-9-11-19(12-10-15)22-17(3)23(25)24(26)16(2)20(22)13-21(27)28-14-18-7-5-4-6-8-18/h4-12H,13-14,26H2,1-3H3. The molecule has 4 heteroatoms. The summed E-state index contributed by atoms with van der Waals surface area (Å²) in [7, 11) is 0. The van der Waals surface area contributed by atoms with Gasteiger partial charge < -0.3 is 10.5 Å². The minimum Gasteiger partial charge on any atom is -0.461 e. The Bertz CT molecular complexity index is 996. The molecule has 0 atom stereocenters. The van der Waals surface area contributed by atoms with Gasteiger partial charge in [-0.3, -0.25) is 4.79 Å². The molecular formula is C24H24BrNO2. The molecule has 0 aliphatic heterocycles. The number of esters is 1. The molecule has 0 heterocycles. The fourth-order valence-corrected chi connectivity index (χ4v) is 3.81. The Hall–Kier alpha value is -2.59. The smallest absolute Gasteiger partial charge is 0.310 e. The lowest BCUT2D eigenvalue weighted by atomic mass is 9.89. The number of hydrogen-bond donors (Lipinski definition) is 1. The summed E-state index contributed by atoms with van der Waals surface area (Å²) in [4.78, 5) is 12.6. The van der Waals surface area contributed by atoms with Gasteiger partial charge in [0.25, 0.3) is 0 Å². The number of halogens is 1. The Morgan fingerprint density at radius 3 is 2.25 bits per heavy atom. The van der Waals surface area contributed by atoms with Crippen molar-refractivity contribution in [2.45, 2.75) is 33.8 Å². The molecule has 0 aliphatic rings. The largest absolute Gasteiger partial charge is 0.461 e. The van der Waals surface area contributed by atoms with Gasteiger partial charge in [-0.05, 0) is 70.1 Å². The molecule has 0 radical (unpaired) electrons. The Morgan fingerprint density at radius 2 is 1.61 bits per heavy atom. The summed E-state index contributed by atoms with van der Waals surface area (Å²) in [5, 5.41) is 0. The fourth-order valence-electron chi connectivity index (χ4n) is 3.32. The summed E-state index contributed by atoms with van der Waals surface area (Å²) in [6, 6.07) is 18.0. The molecule has 0 bridgehead atoms. The molecule has 3 nitrogen and oxygen atoms in total. The maximum Gasteiger partial charge on any atom is 0.310 e. The first-order chi connectivity index (χ1) is 13.4. The van der Waals surface area contributed by atoms with E-state index in [9.17, 15) is 4.79 Å². The van der Waals surface area contributed by atoms with E-state index in [2.05, 4.69) is 47.1 Å². The Morgan fingerprint density at radius 1 is 0.964 bits per heavy atom. The summed E-state index contributed by atoms with van der Waals surface area (Å²) in [6.45, 7) is 6.30. The number of aryl methyl sites for hydroxylation is 1. The molecule has 0 amide bonds. The van der Waals surface area contributed by atoms with E-state index in [1.807, 2.05) is 44.2 Å². The molecule has 0 aromatic heterocycles. The number of ether oxygens (including phenoxy) is 1. The number of anilines is 1. The van der Waals surface area contributed by atoms with Gasteiger partial charge in [0.05, 0.1) is 6.42 Å². The molecule has 0 fully saturated rings. The summed E-state index contributed by atoms with van der Waals surface area (Å²) in [5.74, 6) is -0.263. The van der Waals surface area contributed by atoms with Crippen molar-refractivity contribution in [3.63, 3.8) is 0 Å². The van der Waals surface area contributed by atoms with Crippen LogP contribution in [0.15, 0.2) is 59.1 Å². The number of carbonyl (C=O) groups excluding carboxylic acids is 1. The maximum atomic E-state index is 12.6. The van der Waals surface area contributed by atoms with Gasteiger partial charge in [-0.15, -0.1) is 0 Å². The highest BCUT2D eigenvalue weighted by atomic mass is 79.9. The number of nitrogens with two attached hydrogens (primary N) is 1. The van der Waals surface area contributed by atoms with Crippen LogP contribution in [-0.2, 0) is 22.6 Å². The van der Waals surface area contributed by atoms with Crippen LogP contribution in [-0.4, -0.2) is 5.97 Å². The molecule has 3 rings (SSSR count). The number of rotatable bonds is 5. The normalized spacial score (nSPS) is 10.7. The van der Waals surface area contributed by atoms with Crippen molar-refractivity contribution >= 4 is 27.6 Å². The third-order valence-electron chi connectivity index (χ3n) is 5.00. The predicted octanol–water partition coefficient (Wildman–Crippen LogP) is 5.91. The highest BCUT2D eigenvalue weighted by Gasteiger charge is 2.20. The molecule has 3 aromatic carbocycles. The zero-order valence-electron chi connectivity index (χ0n) is 16.4. The molecule has 3 aromatic rings. The van der Waals surface area contributed by atoms with Crippen molar-refractivity contribution in [3.05, 3.63) is 86.9 Å². The van der Waals surface area contributed by atoms with Crippen LogP contribution >= 0.6 is 15.9 Å². The van der Waals surface area contributed by atoms with Crippen LogP contribution < -0.4 is 5.73 Å². The second-order valence-corrected chi connectivity index (χ2v) is 7.81. The third kappa shape index (κ3) is 4.28. The van der Waals surface area contributed by atoms with E-state index in [0.29, 0.717) is 5.69 Å². The molecule has 144 valence electrons. The number of carbonyl (C=O) groups is 1. The predicted molar refractivity (Wildman–Crippen MR) is 118 cm³/mol. The highest BCUT2D eigenvalue weighted by molar-refractivity contribution is 9.10. The number of benzene rings is 3. The van der Waals surface area contributed by atoms with Gasteiger partial charge in [0.1, 0.15) is 6.61 Å². The SMILES string of the molecule is Cc1ccc(-c2c(C)c(Br)c(N)c(C)c2CC(=O)OCc2ccccc2)cc1. The Labute approximate surface area is 174 Å². The quantitative estimate of drug-likeness (QED) is 0.398. The van der Waals surface area contributed by atoms with E-state index in [1.165, 1.54) is 5.56 Å². The van der Waals surface area contributed by atoms with E-state index < -0.39 is 0 Å². The summed E-state index contributed by atoms with van der Waals surface area (Å²) in [6.07, 6.45) is 0.181. The van der Waals surface area contributed by atoms with Gasteiger partial charge >= 0.3 is 5.97 Å². The van der Waals surface area contributed by atoms with Crippen LogP contribution in [0.5, 0.6) is 0 Å². The molecule has 0 saturated carbocycles. The molecule has 0 spiro atoms. The van der Waals surface area contributed by atoms with Crippen LogP contribution in [0.1, 0.15) is 27.8 Å². The number of hydrogen-bond acceptors (Lipinski definition) is 3. The first kappa shape index (κ1) is 20.2. The first-order valence-corrected chi connectivity index (χ1v) is 10.0. The van der Waals surface area contributed by atoms with E-state index in [0.717, 1.165) is 37.9 Å². The van der Waals surface area contributed by atoms with Crippen molar-refractivity contribution < 1.29 is 9.53 Å². The maximum absolute atomic E-state index is 12.6. The minimum atomic E-state index is -0.263. The van der Waals surface area contributed by atoms with Crippen LogP contribution in [0, 0.1) is 20.8 Å². The van der Waals surface area contributed by atoms with Crippen molar-refractivity contribution in [3.8, 4) is 11.1 Å². The van der Waals surface area contributed by atoms with E-state index in [4.69, 9.17) is 10.5 Å². The van der Waals surface area contributed by atoms with Gasteiger partial charge in [0.2, 0.25) is 0 Å². The molecule has 0 saturated heterocycles. The molecule has 0 unspecified atom stereocenters. The van der Waals surface area contributed by atoms with Crippen molar-refractivity contribution in [2.24, 2.45) is 0 Å². The van der Waals surface area contributed by atoms with E-state index in [1.54, 1.807) is 0 Å². The lowest BCUT2D eigenvalue weighted by Gasteiger charge is -2.20. The van der Waals surface area contributed by atoms with Gasteiger partial charge in [0, 0.05) is 10.2 Å². The number of nitrogen functional groups attached to an aromatic ring is 1. The van der Waals surface area contributed by atoms with Crippen LogP contribution in [0.3, 0.4) is 0 Å². The van der Waals surface area contributed by atoms with Crippen LogP contribution in [0.2, 0.25) is 0 Å². The zero-order chi connectivity index (χ0) is 20.3. The van der Waals surface area contributed by atoms with Crippen LogP contribution in [0.25, 0.3) is 11.1 Å². The van der Waals surface area contributed by atoms with Gasteiger partial charge in [-0.1, -0.05) is 60.2 Å². The summed E-state index contributed by atoms with van der Waals surface area (Å²) >= 11 is 3.61.